The Hall–Kier alpha value is -1.29. The van der Waals surface area contributed by atoms with E-state index in [0.717, 1.165) is 11.7 Å². The number of carbonyl (C=O) groups excluding carboxylic acids is 1. The second-order valence-corrected chi connectivity index (χ2v) is 6.10. The van der Waals surface area contributed by atoms with Gasteiger partial charge in [-0.25, -0.2) is 4.79 Å². The summed E-state index contributed by atoms with van der Waals surface area (Å²) in [6, 6.07) is 2.27. The largest absolute Gasteiger partial charge is 0.465 e. The van der Waals surface area contributed by atoms with E-state index in [-0.39, 0.29) is 5.97 Å². The molecule has 1 aromatic rings. The van der Waals surface area contributed by atoms with Crippen molar-refractivity contribution in [1.29, 1.82) is 0 Å². The summed E-state index contributed by atoms with van der Waals surface area (Å²) < 4.78 is 10.4. The molecule has 4 heteroatoms. The number of rotatable bonds is 5. The average molecular weight is 293 g/mol. The van der Waals surface area contributed by atoms with Crippen LogP contribution >= 0.6 is 0 Å². The van der Waals surface area contributed by atoms with E-state index < -0.39 is 0 Å². The summed E-state index contributed by atoms with van der Waals surface area (Å²) in [6.07, 6.45) is 8.09. The molecule has 1 atom stereocenters. The molecule has 0 aliphatic heterocycles. The van der Waals surface area contributed by atoms with E-state index in [1.165, 1.54) is 45.6 Å². The van der Waals surface area contributed by atoms with E-state index in [4.69, 9.17) is 9.15 Å². The zero-order chi connectivity index (χ0) is 15.2. The Morgan fingerprint density at radius 1 is 1.38 bits per heavy atom. The van der Waals surface area contributed by atoms with Gasteiger partial charge in [0.25, 0.3) is 0 Å². The van der Waals surface area contributed by atoms with Crippen molar-refractivity contribution in [1.82, 2.24) is 5.32 Å². The maximum absolute atomic E-state index is 11.6. The number of methoxy groups -OCH3 is 1. The topological polar surface area (TPSA) is 51.5 Å². The first-order valence-electron chi connectivity index (χ1n) is 8.03. The monoisotopic (exact) mass is 293 g/mol. The molecule has 1 saturated carbocycles. The fraction of sp³-hybridized carbons (Fsp3) is 0.706. The van der Waals surface area contributed by atoms with Gasteiger partial charge in [0, 0.05) is 6.04 Å². The lowest BCUT2D eigenvalue weighted by atomic mass is 9.93. The van der Waals surface area contributed by atoms with Crippen molar-refractivity contribution in [3.8, 4) is 0 Å². The van der Waals surface area contributed by atoms with E-state index in [2.05, 4.69) is 12.2 Å². The van der Waals surface area contributed by atoms with Crippen LogP contribution in [0.3, 0.4) is 0 Å². The molecule has 1 aliphatic rings. The summed E-state index contributed by atoms with van der Waals surface area (Å²) in [4.78, 5) is 11.6. The Morgan fingerprint density at radius 2 is 2.05 bits per heavy atom. The molecule has 0 spiro atoms. The molecule has 0 unspecified atom stereocenters. The summed E-state index contributed by atoms with van der Waals surface area (Å²) in [5.41, 5.74) is 0.524. The average Bonchev–Trinajstić information content (AvgIpc) is 2.69. The van der Waals surface area contributed by atoms with Crippen LogP contribution in [0, 0.1) is 12.8 Å². The Bertz CT molecular complexity index is 459. The third kappa shape index (κ3) is 4.34. The summed E-state index contributed by atoms with van der Waals surface area (Å²) >= 11 is 0. The summed E-state index contributed by atoms with van der Waals surface area (Å²) in [5, 5.41) is 3.55. The molecular weight excluding hydrogens is 266 g/mol. The van der Waals surface area contributed by atoms with Gasteiger partial charge in [-0.3, -0.25) is 0 Å². The molecule has 0 amide bonds. The lowest BCUT2D eigenvalue weighted by molar-refractivity contribution is 0.0599. The minimum Gasteiger partial charge on any atom is -0.465 e. The van der Waals surface area contributed by atoms with Crippen LogP contribution < -0.4 is 5.32 Å². The second-order valence-electron chi connectivity index (χ2n) is 6.10. The molecule has 0 radical (unpaired) electrons. The van der Waals surface area contributed by atoms with Crippen molar-refractivity contribution in [3.63, 3.8) is 0 Å². The van der Waals surface area contributed by atoms with Crippen molar-refractivity contribution in [3.05, 3.63) is 23.2 Å². The zero-order valence-electron chi connectivity index (χ0n) is 13.4. The number of nitrogens with one attached hydrogen (secondary N) is 1. The van der Waals surface area contributed by atoms with Gasteiger partial charge in [0.15, 0.2) is 0 Å². The summed E-state index contributed by atoms with van der Waals surface area (Å²) in [7, 11) is 1.39. The molecule has 0 bridgehead atoms. The highest BCUT2D eigenvalue weighted by Gasteiger charge is 2.20. The minimum atomic E-state index is -0.334. The number of ether oxygens (including phenoxy) is 1. The highest BCUT2D eigenvalue weighted by molar-refractivity contribution is 5.90. The lowest BCUT2D eigenvalue weighted by Gasteiger charge is -2.23. The van der Waals surface area contributed by atoms with Crippen molar-refractivity contribution in [2.75, 3.05) is 7.11 Å². The first-order valence-corrected chi connectivity index (χ1v) is 8.03. The van der Waals surface area contributed by atoms with Crippen molar-refractivity contribution < 1.29 is 13.9 Å². The third-order valence-corrected chi connectivity index (χ3v) is 4.58. The van der Waals surface area contributed by atoms with Crippen LogP contribution in [0.2, 0.25) is 0 Å². The summed E-state index contributed by atoms with van der Waals surface area (Å²) in [5.74, 6) is 1.84. The highest BCUT2D eigenvalue weighted by atomic mass is 16.5. The van der Waals surface area contributed by atoms with Crippen LogP contribution in [-0.4, -0.2) is 19.1 Å². The van der Waals surface area contributed by atoms with Crippen LogP contribution in [0.4, 0.5) is 0 Å². The molecule has 1 aliphatic carbocycles. The molecule has 2 rings (SSSR count). The standard InChI is InChI=1S/C17H27NO3/c1-12(14-8-6-4-5-7-9-14)18-11-15-10-16(13(2)21-15)17(19)20-3/h10,12,14,18H,4-9,11H2,1-3H3/t12-/m0/s1. The van der Waals surface area contributed by atoms with Crippen LogP contribution in [0.25, 0.3) is 0 Å². The molecule has 1 fully saturated rings. The fourth-order valence-corrected chi connectivity index (χ4v) is 3.18. The second kappa shape index (κ2) is 7.64. The smallest absolute Gasteiger partial charge is 0.341 e. The molecular formula is C17H27NO3. The first-order chi connectivity index (χ1) is 10.1. The maximum atomic E-state index is 11.6. The number of esters is 1. The van der Waals surface area contributed by atoms with Gasteiger partial charge in [-0.15, -0.1) is 0 Å². The van der Waals surface area contributed by atoms with E-state index in [1.54, 1.807) is 13.0 Å². The molecule has 118 valence electrons. The van der Waals surface area contributed by atoms with Crippen LogP contribution in [0.5, 0.6) is 0 Å². The van der Waals surface area contributed by atoms with Crippen LogP contribution in [0.15, 0.2) is 10.5 Å². The number of hydrogen-bond acceptors (Lipinski definition) is 4. The number of furan rings is 1. The molecule has 0 saturated heterocycles. The van der Waals surface area contributed by atoms with Gasteiger partial charge in [-0.05, 0) is 38.7 Å². The predicted molar refractivity (Wildman–Crippen MR) is 82.3 cm³/mol. The van der Waals surface area contributed by atoms with Gasteiger partial charge in [0.2, 0.25) is 0 Å². The zero-order valence-corrected chi connectivity index (χ0v) is 13.4. The van der Waals surface area contributed by atoms with Crippen LogP contribution in [-0.2, 0) is 11.3 Å². The number of aryl methyl sites for hydroxylation is 1. The lowest BCUT2D eigenvalue weighted by Crippen LogP contribution is -2.32. The first kappa shape index (κ1) is 16.1. The van der Waals surface area contributed by atoms with Crippen molar-refractivity contribution >= 4 is 5.97 Å². The summed E-state index contributed by atoms with van der Waals surface area (Å²) in [6.45, 7) is 4.72. The van der Waals surface area contributed by atoms with Crippen molar-refractivity contribution in [2.24, 2.45) is 5.92 Å². The maximum Gasteiger partial charge on any atom is 0.341 e. The Labute approximate surface area is 127 Å². The van der Waals surface area contributed by atoms with Gasteiger partial charge in [0.1, 0.15) is 17.1 Å². The predicted octanol–water partition coefficient (Wildman–Crippen LogP) is 3.82. The Balaban J connectivity index is 1.88. The molecule has 4 nitrogen and oxygen atoms in total. The number of hydrogen-bond donors (Lipinski definition) is 1. The molecule has 1 heterocycles. The number of carbonyl (C=O) groups is 1. The van der Waals surface area contributed by atoms with Crippen LogP contribution in [0.1, 0.15) is 67.3 Å². The van der Waals surface area contributed by atoms with Crippen molar-refractivity contribution in [2.45, 2.75) is 65.0 Å². The minimum absolute atomic E-state index is 0.334. The van der Waals surface area contributed by atoms with E-state index in [0.29, 0.717) is 23.9 Å². The third-order valence-electron chi connectivity index (χ3n) is 4.58. The molecule has 21 heavy (non-hydrogen) atoms. The van der Waals surface area contributed by atoms with Gasteiger partial charge in [-0.1, -0.05) is 25.7 Å². The Kier molecular flexibility index (Phi) is 5.85. The van der Waals surface area contributed by atoms with Gasteiger partial charge in [0.05, 0.1) is 13.7 Å². The SMILES string of the molecule is COC(=O)c1cc(CN[C@@H](C)C2CCCCCC2)oc1C. The van der Waals surface area contributed by atoms with E-state index >= 15 is 0 Å². The van der Waals surface area contributed by atoms with Gasteiger partial charge in [-0.2, -0.15) is 0 Å². The van der Waals surface area contributed by atoms with Gasteiger partial charge < -0.3 is 14.5 Å². The van der Waals surface area contributed by atoms with E-state index in [1.807, 2.05) is 0 Å². The fourth-order valence-electron chi connectivity index (χ4n) is 3.18. The normalized spacial score (nSPS) is 18.2. The molecule has 1 N–H and O–H groups in total. The molecule has 1 aromatic heterocycles. The highest BCUT2D eigenvalue weighted by Crippen LogP contribution is 2.25. The molecule has 0 aromatic carbocycles. The van der Waals surface area contributed by atoms with Gasteiger partial charge >= 0.3 is 5.97 Å². The Morgan fingerprint density at radius 3 is 2.67 bits per heavy atom. The quantitative estimate of drug-likeness (QED) is 0.662. The van der Waals surface area contributed by atoms with E-state index in [9.17, 15) is 4.79 Å².